The van der Waals surface area contributed by atoms with E-state index in [2.05, 4.69) is 212 Å². The van der Waals surface area contributed by atoms with E-state index in [9.17, 15) is 0 Å². The molecular formula is C59H40N2S. The van der Waals surface area contributed by atoms with Gasteiger partial charge in [0, 0.05) is 48.5 Å². The summed E-state index contributed by atoms with van der Waals surface area (Å²) in [7, 11) is 0. The Kier molecular flexibility index (Phi) is 7.92. The predicted octanol–water partition coefficient (Wildman–Crippen LogP) is 16.6. The van der Waals surface area contributed by atoms with Crippen LogP contribution in [0.25, 0.3) is 91.8 Å². The van der Waals surface area contributed by atoms with Gasteiger partial charge >= 0.3 is 0 Å². The molecule has 2 unspecified atom stereocenters. The molecule has 292 valence electrons. The van der Waals surface area contributed by atoms with Crippen LogP contribution in [0.1, 0.15) is 35.3 Å². The molecule has 2 atom stereocenters. The molecule has 0 saturated carbocycles. The Morgan fingerprint density at radius 2 is 1.13 bits per heavy atom. The van der Waals surface area contributed by atoms with Gasteiger partial charge in [0.25, 0.3) is 0 Å². The highest BCUT2D eigenvalue weighted by Gasteiger charge is 2.37. The zero-order valence-electron chi connectivity index (χ0n) is 34.2. The van der Waals surface area contributed by atoms with Gasteiger partial charge in [0.2, 0.25) is 0 Å². The molecule has 0 aliphatic carbocycles. The van der Waals surface area contributed by atoms with E-state index in [1.54, 1.807) is 0 Å². The fourth-order valence-corrected chi connectivity index (χ4v) is 12.0. The Morgan fingerprint density at radius 3 is 1.94 bits per heavy atom. The molecule has 0 amide bonds. The van der Waals surface area contributed by atoms with Crippen LogP contribution in [0.4, 0.5) is 5.69 Å². The van der Waals surface area contributed by atoms with Crippen LogP contribution in [0.2, 0.25) is 0 Å². The van der Waals surface area contributed by atoms with Crippen molar-refractivity contribution in [2.24, 2.45) is 10.9 Å². The lowest BCUT2D eigenvalue weighted by Gasteiger charge is -2.32. The van der Waals surface area contributed by atoms with Gasteiger partial charge in [-0.15, -0.1) is 11.3 Å². The molecule has 0 saturated heterocycles. The lowest BCUT2D eigenvalue weighted by molar-refractivity contribution is 0.586. The van der Waals surface area contributed by atoms with E-state index < -0.39 is 0 Å². The van der Waals surface area contributed by atoms with Gasteiger partial charge < -0.3 is 4.57 Å². The zero-order chi connectivity index (χ0) is 40.9. The third-order valence-corrected chi connectivity index (χ3v) is 14.8. The summed E-state index contributed by atoms with van der Waals surface area (Å²) in [6.07, 6.45) is 0.970. The second kappa shape index (κ2) is 13.9. The van der Waals surface area contributed by atoms with Gasteiger partial charge in [-0.1, -0.05) is 165 Å². The molecule has 0 radical (unpaired) electrons. The second-order valence-corrected chi connectivity index (χ2v) is 18.0. The number of hydrogen-bond donors (Lipinski definition) is 0. The van der Waals surface area contributed by atoms with Crippen molar-refractivity contribution in [1.82, 2.24) is 4.57 Å². The molecule has 1 aliphatic heterocycles. The quantitative estimate of drug-likeness (QED) is 0.165. The molecule has 62 heavy (non-hydrogen) atoms. The number of aliphatic imine (C=N–C) groups is 1. The first kappa shape index (κ1) is 35.4. The average molecular weight is 809 g/mol. The van der Waals surface area contributed by atoms with Crippen molar-refractivity contribution in [3.8, 4) is 16.8 Å². The normalized spacial score (nSPS) is 15.3. The first-order valence-electron chi connectivity index (χ1n) is 21.8. The van der Waals surface area contributed by atoms with E-state index in [0.717, 1.165) is 12.1 Å². The van der Waals surface area contributed by atoms with E-state index in [1.165, 1.54) is 114 Å². The Bertz CT molecular complexity index is 3810. The zero-order valence-corrected chi connectivity index (χ0v) is 35.0. The minimum absolute atomic E-state index is 0.183. The maximum absolute atomic E-state index is 5.85. The fraction of sp³-hybridized carbons (Fsp3) is 0.0678. The number of nitrogens with zero attached hydrogens (tertiary/aromatic N) is 2. The highest BCUT2D eigenvalue weighted by Crippen LogP contribution is 2.53. The van der Waals surface area contributed by atoms with Gasteiger partial charge in [0.1, 0.15) is 0 Å². The third kappa shape index (κ3) is 5.31. The maximum Gasteiger partial charge on any atom is 0.0857 e. The molecule has 12 aromatic rings. The second-order valence-electron chi connectivity index (χ2n) is 16.9. The molecule has 13 rings (SSSR count). The minimum atomic E-state index is 0.183. The molecule has 0 N–H and O–H groups in total. The van der Waals surface area contributed by atoms with Crippen molar-refractivity contribution in [1.29, 1.82) is 0 Å². The van der Waals surface area contributed by atoms with E-state index in [4.69, 9.17) is 4.99 Å². The predicted molar refractivity (Wildman–Crippen MR) is 266 cm³/mol. The topological polar surface area (TPSA) is 17.3 Å². The van der Waals surface area contributed by atoms with E-state index in [0.29, 0.717) is 0 Å². The van der Waals surface area contributed by atoms with Crippen LogP contribution < -0.4 is 0 Å². The number of hydrogen-bond acceptors (Lipinski definition) is 2. The van der Waals surface area contributed by atoms with Crippen LogP contribution in [-0.2, 0) is 0 Å². The van der Waals surface area contributed by atoms with Crippen LogP contribution in [0.3, 0.4) is 0 Å². The standard InChI is InChI=1S/C59H40N2S/c1-2-44-55(38-16-4-3-5-17-38)59-58(50-34-43(27-31-54(50)62-59)42-25-24-36-14-6-7-18-39(36)32-42)60-57(44)48-28-30-51(47-23-13-12-22-46(47)48)61-52-29-26-37-15-10-11-21-45(37)56(52)49-33-40-19-8-9-20-41(40)35-53(49)61/h3-35,44,55H,2H2,1H3. The van der Waals surface area contributed by atoms with Gasteiger partial charge in [-0.3, -0.25) is 4.99 Å². The Hall–Kier alpha value is -7.33. The molecule has 0 spiro atoms. The van der Waals surface area contributed by atoms with Crippen molar-refractivity contribution in [3.05, 3.63) is 216 Å². The Labute approximate surface area is 363 Å². The molecule has 10 aromatic carbocycles. The van der Waals surface area contributed by atoms with Crippen molar-refractivity contribution in [2.75, 3.05) is 0 Å². The lowest BCUT2D eigenvalue weighted by Crippen LogP contribution is -2.26. The lowest BCUT2D eigenvalue weighted by atomic mass is 9.75. The van der Waals surface area contributed by atoms with Gasteiger partial charge in [0.05, 0.1) is 28.1 Å². The van der Waals surface area contributed by atoms with Crippen LogP contribution in [0, 0.1) is 5.92 Å². The third-order valence-electron chi connectivity index (χ3n) is 13.6. The highest BCUT2D eigenvalue weighted by molar-refractivity contribution is 7.20. The van der Waals surface area contributed by atoms with Crippen LogP contribution in [0.5, 0.6) is 0 Å². The smallest absolute Gasteiger partial charge is 0.0857 e. The summed E-state index contributed by atoms with van der Waals surface area (Å²) in [5, 5.41) is 13.8. The summed E-state index contributed by atoms with van der Waals surface area (Å²) in [6.45, 7) is 2.34. The number of rotatable bonds is 5. The molecule has 2 aromatic heterocycles. The van der Waals surface area contributed by atoms with Crippen molar-refractivity contribution in [3.63, 3.8) is 0 Å². The summed E-state index contributed by atoms with van der Waals surface area (Å²) in [5.41, 5.74) is 10.9. The van der Waals surface area contributed by atoms with Gasteiger partial charge in [0.15, 0.2) is 0 Å². The van der Waals surface area contributed by atoms with E-state index >= 15 is 0 Å². The maximum atomic E-state index is 5.85. The summed E-state index contributed by atoms with van der Waals surface area (Å²) in [6, 6.07) is 74.3. The number of thiophene rings is 1. The monoisotopic (exact) mass is 808 g/mol. The summed E-state index contributed by atoms with van der Waals surface area (Å²) in [4.78, 5) is 7.21. The van der Waals surface area contributed by atoms with Gasteiger partial charge in [-0.05, 0) is 103 Å². The first-order valence-corrected chi connectivity index (χ1v) is 22.6. The van der Waals surface area contributed by atoms with Gasteiger partial charge in [-0.2, -0.15) is 0 Å². The molecule has 1 aliphatic rings. The van der Waals surface area contributed by atoms with Gasteiger partial charge in [-0.25, -0.2) is 0 Å². The van der Waals surface area contributed by atoms with Crippen molar-refractivity contribution >= 4 is 97.7 Å². The molecule has 3 heterocycles. The largest absolute Gasteiger partial charge is 0.309 e. The molecule has 0 bridgehead atoms. The van der Waals surface area contributed by atoms with Crippen molar-refractivity contribution < 1.29 is 0 Å². The number of aromatic nitrogens is 1. The Morgan fingerprint density at radius 1 is 0.484 bits per heavy atom. The molecule has 3 heteroatoms. The summed E-state index contributed by atoms with van der Waals surface area (Å²) >= 11 is 1.92. The average Bonchev–Trinajstić information content (AvgIpc) is 3.87. The number of benzene rings is 10. The minimum Gasteiger partial charge on any atom is -0.309 e. The van der Waals surface area contributed by atoms with Crippen LogP contribution in [-0.4, -0.2) is 10.3 Å². The molecular weight excluding hydrogens is 769 g/mol. The molecule has 0 fully saturated rings. The SMILES string of the molecule is CCC1C(c2ccc(-n3c4cc5ccccc5cc4c4c5ccccc5ccc43)c3ccccc23)=Nc2c(sc3ccc(-c4ccc5ccccc5c4)cc23)C1c1ccccc1. The summed E-state index contributed by atoms with van der Waals surface area (Å²) in [5.74, 6) is 0.376. The van der Waals surface area contributed by atoms with E-state index in [-0.39, 0.29) is 11.8 Å². The Balaban J connectivity index is 1.05. The molecule has 2 nitrogen and oxygen atoms in total. The fourth-order valence-electron chi connectivity index (χ4n) is 10.7. The summed E-state index contributed by atoms with van der Waals surface area (Å²) < 4.78 is 3.80. The van der Waals surface area contributed by atoms with Crippen molar-refractivity contribution in [2.45, 2.75) is 19.3 Å². The van der Waals surface area contributed by atoms with E-state index in [1.807, 2.05) is 11.3 Å². The highest BCUT2D eigenvalue weighted by atomic mass is 32.1. The van der Waals surface area contributed by atoms with Crippen LogP contribution in [0.15, 0.2) is 205 Å². The first-order chi connectivity index (χ1) is 30.7. The van der Waals surface area contributed by atoms with Crippen LogP contribution >= 0.6 is 11.3 Å². The number of fused-ring (bicyclic) bond motifs is 11.